The maximum absolute atomic E-state index is 9.59. The molecule has 0 atom stereocenters. The van der Waals surface area contributed by atoms with Gasteiger partial charge in [0.1, 0.15) is 5.82 Å². The summed E-state index contributed by atoms with van der Waals surface area (Å²) in [5.74, 6) is 1.90. The Bertz CT molecular complexity index is 427. The first-order valence-corrected chi connectivity index (χ1v) is 7.26. The Morgan fingerprint density at radius 3 is 2.47 bits per heavy atom. The van der Waals surface area contributed by atoms with Crippen LogP contribution in [0.3, 0.4) is 0 Å². The van der Waals surface area contributed by atoms with Gasteiger partial charge in [-0.1, -0.05) is 13.8 Å². The highest BCUT2D eigenvalue weighted by Gasteiger charge is 2.27. The third-order valence-electron chi connectivity index (χ3n) is 3.62. The molecular weight excluding hydrogens is 238 g/mol. The van der Waals surface area contributed by atoms with E-state index in [1.165, 1.54) is 12.8 Å². The van der Waals surface area contributed by atoms with Crippen LogP contribution in [0.4, 0.5) is 5.69 Å². The zero-order valence-corrected chi connectivity index (χ0v) is 12.4. The first-order chi connectivity index (χ1) is 9.02. The molecule has 0 saturated heterocycles. The Balaban J connectivity index is 2.29. The van der Waals surface area contributed by atoms with Crippen molar-refractivity contribution in [2.75, 3.05) is 11.4 Å². The van der Waals surface area contributed by atoms with Gasteiger partial charge in [0.2, 0.25) is 0 Å². The summed E-state index contributed by atoms with van der Waals surface area (Å²) < 4.78 is 0. The van der Waals surface area contributed by atoms with Crippen LogP contribution in [0.15, 0.2) is 6.20 Å². The highest BCUT2D eigenvalue weighted by Crippen LogP contribution is 2.33. The van der Waals surface area contributed by atoms with E-state index in [9.17, 15) is 5.11 Å². The van der Waals surface area contributed by atoms with Crippen molar-refractivity contribution in [3.63, 3.8) is 0 Å². The summed E-state index contributed by atoms with van der Waals surface area (Å²) >= 11 is 0. The number of hydrogen-bond donors (Lipinski definition) is 1. The van der Waals surface area contributed by atoms with Crippen LogP contribution in [-0.4, -0.2) is 27.7 Å². The van der Waals surface area contributed by atoms with E-state index in [1.54, 1.807) is 0 Å². The molecule has 4 nitrogen and oxygen atoms in total. The van der Waals surface area contributed by atoms with Gasteiger partial charge in [-0.2, -0.15) is 0 Å². The van der Waals surface area contributed by atoms with Crippen molar-refractivity contribution in [3.05, 3.63) is 17.7 Å². The fraction of sp³-hybridized carbons (Fsp3) is 0.733. The van der Waals surface area contributed by atoms with Crippen LogP contribution >= 0.6 is 0 Å². The summed E-state index contributed by atoms with van der Waals surface area (Å²) in [7, 11) is 0. The molecule has 1 aromatic heterocycles. The van der Waals surface area contributed by atoms with Crippen LogP contribution in [0.1, 0.15) is 58.0 Å². The SMILES string of the molecule is CC(C)c1ncc(N(CC2CC2)C(C)C)c(CO)n1. The molecule has 0 bridgehead atoms. The Morgan fingerprint density at radius 1 is 1.32 bits per heavy atom. The minimum atomic E-state index is -0.0224. The van der Waals surface area contributed by atoms with Crippen LogP contribution in [0.25, 0.3) is 0 Å². The molecule has 2 rings (SSSR count). The van der Waals surface area contributed by atoms with E-state index < -0.39 is 0 Å². The highest BCUT2D eigenvalue weighted by atomic mass is 16.3. The lowest BCUT2D eigenvalue weighted by Crippen LogP contribution is -2.34. The summed E-state index contributed by atoms with van der Waals surface area (Å²) in [5.41, 5.74) is 1.75. The van der Waals surface area contributed by atoms with E-state index in [1.807, 2.05) is 6.20 Å². The molecule has 0 spiro atoms. The van der Waals surface area contributed by atoms with Crippen molar-refractivity contribution in [2.45, 2.75) is 59.1 Å². The van der Waals surface area contributed by atoms with Gasteiger partial charge in [-0.05, 0) is 32.6 Å². The first kappa shape index (κ1) is 14.3. The highest BCUT2D eigenvalue weighted by molar-refractivity contribution is 5.50. The molecule has 0 aromatic carbocycles. The number of aliphatic hydroxyl groups excluding tert-OH is 1. The molecule has 19 heavy (non-hydrogen) atoms. The summed E-state index contributed by atoms with van der Waals surface area (Å²) in [6.45, 7) is 9.53. The van der Waals surface area contributed by atoms with Crippen molar-refractivity contribution in [3.8, 4) is 0 Å². The lowest BCUT2D eigenvalue weighted by molar-refractivity contribution is 0.276. The van der Waals surface area contributed by atoms with E-state index in [-0.39, 0.29) is 12.5 Å². The topological polar surface area (TPSA) is 49.2 Å². The van der Waals surface area contributed by atoms with Gasteiger partial charge >= 0.3 is 0 Å². The normalized spacial score (nSPS) is 15.3. The molecule has 1 fully saturated rings. The van der Waals surface area contributed by atoms with Gasteiger partial charge in [-0.3, -0.25) is 0 Å². The van der Waals surface area contributed by atoms with Gasteiger partial charge < -0.3 is 10.0 Å². The second kappa shape index (κ2) is 5.87. The molecule has 0 aliphatic heterocycles. The zero-order chi connectivity index (χ0) is 14.0. The van der Waals surface area contributed by atoms with Crippen LogP contribution in [0.2, 0.25) is 0 Å². The number of hydrogen-bond acceptors (Lipinski definition) is 4. The third-order valence-corrected chi connectivity index (χ3v) is 3.62. The largest absolute Gasteiger partial charge is 0.390 e. The summed E-state index contributed by atoms with van der Waals surface area (Å²) in [6, 6.07) is 0.402. The number of rotatable bonds is 6. The number of nitrogens with zero attached hydrogens (tertiary/aromatic N) is 3. The number of aromatic nitrogens is 2. The first-order valence-electron chi connectivity index (χ1n) is 7.26. The average molecular weight is 263 g/mol. The third kappa shape index (κ3) is 3.44. The quantitative estimate of drug-likeness (QED) is 0.857. The van der Waals surface area contributed by atoms with E-state index in [0.717, 1.165) is 29.7 Å². The molecule has 0 amide bonds. The Labute approximate surface area is 115 Å². The Hall–Kier alpha value is -1.16. The van der Waals surface area contributed by atoms with Crippen LogP contribution in [0.5, 0.6) is 0 Å². The maximum atomic E-state index is 9.59. The van der Waals surface area contributed by atoms with Crippen molar-refractivity contribution in [1.82, 2.24) is 9.97 Å². The van der Waals surface area contributed by atoms with Crippen molar-refractivity contribution >= 4 is 5.69 Å². The Kier molecular flexibility index (Phi) is 4.40. The number of anilines is 1. The molecule has 0 radical (unpaired) electrons. The molecule has 1 aliphatic rings. The molecule has 4 heteroatoms. The van der Waals surface area contributed by atoms with Crippen LogP contribution < -0.4 is 4.90 Å². The van der Waals surface area contributed by atoms with Crippen molar-refractivity contribution < 1.29 is 5.11 Å². The van der Waals surface area contributed by atoms with E-state index >= 15 is 0 Å². The van der Waals surface area contributed by atoms with Crippen LogP contribution in [-0.2, 0) is 6.61 Å². The minimum absolute atomic E-state index is 0.0224. The monoisotopic (exact) mass is 263 g/mol. The maximum Gasteiger partial charge on any atom is 0.131 e. The summed E-state index contributed by atoms with van der Waals surface area (Å²) in [4.78, 5) is 11.3. The molecule has 1 aromatic rings. The molecule has 1 heterocycles. The van der Waals surface area contributed by atoms with Gasteiger partial charge in [-0.15, -0.1) is 0 Å². The molecule has 1 saturated carbocycles. The summed E-state index contributed by atoms with van der Waals surface area (Å²) in [5, 5.41) is 9.59. The van der Waals surface area contributed by atoms with Gasteiger partial charge in [-0.25, -0.2) is 9.97 Å². The summed E-state index contributed by atoms with van der Waals surface area (Å²) in [6.07, 6.45) is 4.53. The lowest BCUT2D eigenvalue weighted by atomic mass is 10.2. The van der Waals surface area contributed by atoms with E-state index in [2.05, 4.69) is 42.6 Å². The molecule has 1 N–H and O–H groups in total. The van der Waals surface area contributed by atoms with Crippen molar-refractivity contribution in [2.24, 2.45) is 5.92 Å². The predicted molar refractivity (Wildman–Crippen MR) is 77.2 cm³/mol. The van der Waals surface area contributed by atoms with Crippen LogP contribution in [0, 0.1) is 5.92 Å². The zero-order valence-electron chi connectivity index (χ0n) is 12.4. The van der Waals surface area contributed by atoms with Gasteiger partial charge in [0.25, 0.3) is 0 Å². The number of aliphatic hydroxyl groups is 1. The molecule has 1 aliphatic carbocycles. The molecule has 106 valence electrons. The predicted octanol–water partition coefficient (Wildman–Crippen LogP) is 2.72. The molecule has 0 unspecified atom stereocenters. The van der Waals surface area contributed by atoms with Crippen molar-refractivity contribution in [1.29, 1.82) is 0 Å². The fourth-order valence-corrected chi connectivity index (χ4v) is 2.23. The fourth-order valence-electron chi connectivity index (χ4n) is 2.23. The second-order valence-corrected chi connectivity index (χ2v) is 6.06. The standard InChI is InChI=1S/C15H25N3O/c1-10(2)15-16-7-14(13(9-19)17-15)18(11(3)4)8-12-5-6-12/h7,10-12,19H,5-6,8-9H2,1-4H3. The van der Waals surface area contributed by atoms with E-state index in [4.69, 9.17) is 0 Å². The van der Waals surface area contributed by atoms with Gasteiger partial charge in [0.05, 0.1) is 24.2 Å². The smallest absolute Gasteiger partial charge is 0.131 e. The van der Waals surface area contributed by atoms with Gasteiger partial charge in [0.15, 0.2) is 0 Å². The Morgan fingerprint density at radius 2 is 2.00 bits per heavy atom. The van der Waals surface area contributed by atoms with Gasteiger partial charge in [0, 0.05) is 18.5 Å². The van der Waals surface area contributed by atoms with E-state index in [0.29, 0.717) is 6.04 Å². The minimum Gasteiger partial charge on any atom is -0.390 e. The lowest BCUT2D eigenvalue weighted by Gasteiger charge is -2.30. The molecular formula is C15H25N3O. The second-order valence-electron chi connectivity index (χ2n) is 6.06. The average Bonchev–Trinajstić information content (AvgIpc) is 3.18.